The average molecular weight is 447 g/mol. The summed E-state index contributed by atoms with van der Waals surface area (Å²) in [5.41, 5.74) is 0.0113. The van der Waals surface area contributed by atoms with Crippen LogP contribution in [0.15, 0.2) is 72.8 Å². The molecule has 2 aliphatic carbocycles. The zero-order valence-electron chi connectivity index (χ0n) is 20.3. The molecule has 0 amide bonds. The van der Waals surface area contributed by atoms with Gasteiger partial charge in [0, 0.05) is 18.8 Å². The number of hydrogen-bond acceptors (Lipinski definition) is 2. The number of carbonyl (C=O) groups is 1. The molecule has 2 aromatic carbocycles. The normalized spacial score (nSPS) is 26.8. The van der Waals surface area contributed by atoms with Gasteiger partial charge in [-0.1, -0.05) is 107 Å². The number of rotatable bonds is 4. The quantitative estimate of drug-likeness (QED) is 0.431. The standard InChI is InChI=1S/C29H38O2Si/c1-28(2,3)32(24-15-8-6-9-16-24,25-17-10-7-11-18-25)31-27-26-19-13-12-14-23(30)20-22(26)21-29(27,4)5/h6-11,13,15-19,22,26-27H,12,14,20-21H2,1-5H3/b19-13-/t22-,26-,27+/m0/s1. The maximum atomic E-state index is 12.5. The number of benzene rings is 2. The Kier molecular flexibility index (Phi) is 6.35. The number of hydrogen-bond donors (Lipinski definition) is 0. The molecule has 0 radical (unpaired) electrons. The Morgan fingerprint density at radius 2 is 1.50 bits per heavy atom. The van der Waals surface area contributed by atoms with Gasteiger partial charge in [-0.15, -0.1) is 0 Å². The van der Waals surface area contributed by atoms with Crippen molar-refractivity contribution in [1.82, 2.24) is 0 Å². The van der Waals surface area contributed by atoms with Gasteiger partial charge in [0.2, 0.25) is 0 Å². The van der Waals surface area contributed by atoms with Crippen LogP contribution < -0.4 is 10.4 Å². The molecule has 2 aromatic rings. The zero-order chi connectivity index (χ0) is 23.0. The largest absolute Gasteiger partial charge is 0.403 e. The van der Waals surface area contributed by atoms with Crippen LogP contribution in [0.2, 0.25) is 5.04 Å². The Morgan fingerprint density at radius 1 is 0.938 bits per heavy atom. The molecule has 0 aromatic heterocycles. The highest BCUT2D eigenvalue weighted by Gasteiger charge is 2.57. The van der Waals surface area contributed by atoms with Crippen molar-refractivity contribution < 1.29 is 9.22 Å². The minimum Gasteiger partial charge on any atom is -0.403 e. The molecule has 3 atom stereocenters. The van der Waals surface area contributed by atoms with Gasteiger partial charge in [0.1, 0.15) is 5.78 Å². The predicted molar refractivity (Wildman–Crippen MR) is 136 cm³/mol. The van der Waals surface area contributed by atoms with Gasteiger partial charge >= 0.3 is 0 Å². The second-order valence-corrected chi connectivity index (χ2v) is 15.7. The zero-order valence-corrected chi connectivity index (χ0v) is 21.3. The first kappa shape index (κ1) is 23.2. The molecule has 2 aliphatic rings. The average Bonchev–Trinajstić information content (AvgIpc) is 2.96. The van der Waals surface area contributed by atoms with Crippen molar-refractivity contribution in [1.29, 1.82) is 0 Å². The minimum atomic E-state index is -2.64. The Balaban J connectivity index is 1.87. The van der Waals surface area contributed by atoms with Gasteiger partial charge in [-0.05, 0) is 39.6 Å². The van der Waals surface area contributed by atoms with Crippen LogP contribution in [0, 0.1) is 17.3 Å². The number of ketones is 1. The predicted octanol–water partition coefficient (Wildman–Crippen LogP) is 5.90. The van der Waals surface area contributed by atoms with E-state index in [1.165, 1.54) is 10.4 Å². The van der Waals surface area contributed by atoms with Crippen molar-refractivity contribution in [3.63, 3.8) is 0 Å². The van der Waals surface area contributed by atoms with Crippen LogP contribution in [0.4, 0.5) is 0 Å². The van der Waals surface area contributed by atoms with Gasteiger partial charge in [-0.25, -0.2) is 0 Å². The summed E-state index contributed by atoms with van der Waals surface area (Å²) in [7, 11) is -2.64. The van der Waals surface area contributed by atoms with Crippen molar-refractivity contribution in [3.8, 4) is 0 Å². The van der Waals surface area contributed by atoms with E-state index in [9.17, 15) is 4.79 Å². The summed E-state index contributed by atoms with van der Waals surface area (Å²) >= 11 is 0. The van der Waals surface area contributed by atoms with Crippen molar-refractivity contribution in [2.24, 2.45) is 17.3 Å². The van der Waals surface area contributed by atoms with Crippen molar-refractivity contribution in [3.05, 3.63) is 72.8 Å². The van der Waals surface area contributed by atoms with Crippen LogP contribution in [0.5, 0.6) is 0 Å². The molecule has 1 fully saturated rings. The molecule has 0 N–H and O–H groups in total. The van der Waals surface area contributed by atoms with Crippen LogP contribution in [-0.2, 0) is 9.22 Å². The van der Waals surface area contributed by atoms with E-state index in [0.29, 0.717) is 24.5 Å². The molecule has 0 heterocycles. The lowest BCUT2D eigenvalue weighted by molar-refractivity contribution is -0.120. The minimum absolute atomic E-state index is 0.0113. The van der Waals surface area contributed by atoms with E-state index in [1.807, 2.05) is 0 Å². The number of carbonyl (C=O) groups excluding carboxylic acids is 1. The first-order valence-electron chi connectivity index (χ1n) is 12.1. The molecule has 0 aliphatic heterocycles. The highest BCUT2D eigenvalue weighted by molar-refractivity contribution is 6.99. The maximum absolute atomic E-state index is 12.5. The highest BCUT2D eigenvalue weighted by atomic mass is 28.4. The van der Waals surface area contributed by atoms with E-state index < -0.39 is 8.32 Å². The molecular formula is C29H38O2Si. The summed E-state index contributed by atoms with van der Waals surface area (Å²) in [6.07, 6.45) is 7.97. The van der Waals surface area contributed by atoms with Gasteiger partial charge in [0.25, 0.3) is 8.32 Å². The molecule has 1 saturated carbocycles. The van der Waals surface area contributed by atoms with Crippen LogP contribution in [0.25, 0.3) is 0 Å². The summed E-state index contributed by atoms with van der Waals surface area (Å²) < 4.78 is 7.63. The molecule has 0 unspecified atom stereocenters. The lowest BCUT2D eigenvalue weighted by Gasteiger charge is -2.47. The van der Waals surface area contributed by atoms with Crippen molar-refractivity contribution in [2.45, 2.75) is 71.4 Å². The molecular weight excluding hydrogens is 408 g/mol. The fraction of sp³-hybridized carbons (Fsp3) is 0.483. The molecule has 0 spiro atoms. The summed E-state index contributed by atoms with van der Waals surface area (Å²) in [6, 6.07) is 21.8. The summed E-state index contributed by atoms with van der Waals surface area (Å²) in [5.74, 6) is 1.07. The molecule has 3 heteroatoms. The van der Waals surface area contributed by atoms with Gasteiger partial charge in [0.05, 0.1) is 6.10 Å². The second-order valence-electron chi connectivity index (χ2n) is 11.4. The van der Waals surface area contributed by atoms with E-state index in [1.54, 1.807) is 0 Å². The Hall–Kier alpha value is -1.97. The molecule has 4 rings (SSSR count). The molecule has 32 heavy (non-hydrogen) atoms. The maximum Gasteiger partial charge on any atom is 0.261 e. The van der Waals surface area contributed by atoms with E-state index in [0.717, 1.165) is 12.8 Å². The van der Waals surface area contributed by atoms with Gasteiger partial charge in [-0.2, -0.15) is 0 Å². The van der Waals surface area contributed by atoms with Gasteiger partial charge in [0.15, 0.2) is 0 Å². The molecule has 2 nitrogen and oxygen atoms in total. The van der Waals surface area contributed by atoms with E-state index in [-0.39, 0.29) is 22.5 Å². The third kappa shape index (κ3) is 4.17. The van der Waals surface area contributed by atoms with E-state index >= 15 is 0 Å². The van der Waals surface area contributed by atoms with Gasteiger partial charge in [-0.3, -0.25) is 4.79 Å². The van der Waals surface area contributed by atoms with Crippen molar-refractivity contribution >= 4 is 24.5 Å². The lowest BCUT2D eigenvalue weighted by Crippen LogP contribution is -2.68. The Bertz CT molecular complexity index is 916. The molecule has 170 valence electrons. The third-order valence-corrected chi connectivity index (χ3v) is 12.6. The Labute approximate surface area is 195 Å². The van der Waals surface area contributed by atoms with Crippen molar-refractivity contribution in [2.75, 3.05) is 0 Å². The van der Waals surface area contributed by atoms with Crippen LogP contribution in [0.3, 0.4) is 0 Å². The van der Waals surface area contributed by atoms with Crippen LogP contribution in [0.1, 0.15) is 60.3 Å². The van der Waals surface area contributed by atoms with Gasteiger partial charge < -0.3 is 4.43 Å². The first-order valence-corrected chi connectivity index (χ1v) is 14.0. The fourth-order valence-electron chi connectivity index (χ4n) is 6.17. The third-order valence-electron chi connectivity index (χ3n) is 7.61. The summed E-state index contributed by atoms with van der Waals surface area (Å²) in [4.78, 5) is 12.5. The second kappa shape index (κ2) is 8.76. The highest BCUT2D eigenvalue weighted by Crippen LogP contribution is 2.52. The van der Waals surface area contributed by atoms with E-state index in [2.05, 4.69) is 107 Å². The topological polar surface area (TPSA) is 26.3 Å². The van der Waals surface area contributed by atoms with Crippen LogP contribution >= 0.6 is 0 Å². The Morgan fingerprint density at radius 3 is 2.03 bits per heavy atom. The smallest absolute Gasteiger partial charge is 0.261 e. The monoisotopic (exact) mass is 446 g/mol. The molecule has 0 saturated heterocycles. The first-order chi connectivity index (χ1) is 15.1. The van der Waals surface area contributed by atoms with Crippen LogP contribution in [-0.4, -0.2) is 20.2 Å². The summed E-state index contributed by atoms with van der Waals surface area (Å²) in [6.45, 7) is 11.7. The SMILES string of the molecule is CC1(C)C[C@@H]2CC(=O)CC/C=C\[C@@H]2[C@H]1O[Si](c1ccccc1)(c1ccccc1)C(C)(C)C. The lowest BCUT2D eigenvalue weighted by atomic mass is 9.86. The fourth-order valence-corrected chi connectivity index (χ4v) is 11.0. The number of allylic oxidation sites excluding steroid dienone is 1. The number of fused-ring (bicyclic) bond motifs is 1. The van der Waals surface area contributed by atoms with E-state index in [4.69, 9.17) is 4.43 Å². The summed E-state index contributed by atoms with van der Waals surface area (Å²) in [5, 5.41) is 2.60. The molecule has 0 bridgehead atoms. The number of Topliss-reactive ketones (excluding diaryl/α,β-unsaturated/α-hetero) is 1.